The predicted octanol–water partition coefficient (Wildman–Crippen LogP) is -0.182. The quantitative estimate of drug-likeness (QED) is 0.107. The number of carbonyl (C=O) groups excluding carboxylic acids is 2. The molecule has 4 aliphatic rings. The minimum Gasteiger partial charge on any atom is -0.479 e. The van der Waals surface area contributed by atoms with E-state index in [9.17, 15) is 45.0 Å². The number of nitrogens with two attached hydrogens (primary N) is 1. The molecule has 310 valence electrons. The summed E-state index contributed by atoms with van der Waals surface area (Å²) in [6, 6.07) is 7.98. The molecule has 15 atom stereocenters. The molecule has 1 amide bonds. The lowest BCUT2D eigenvalue weighted by Gasteiger charge is -2.48. The molecule has 1 aromatic carbocycles. The van der Waals surface area contributed by atoms with Gasteiger partial charge in [0.15, 0.2) is 24.8 Å². The summed E-state index contributed by atoms with van der Waals surface area (Å²) in [7, 11) is 0. The summed E-state index contributed by atoms with van der Waals surface area (Å²) in [5, 5.41) is 66.6. The van der Waals surface area contributed by atoms with Crippen LogP contribution in [0.4, 0.5) is 0 Å². The van der Waals surface area contributed by atoms with E-state index in [-0.39, 0.29) is 49.7 Å². The van der Waals surface area contributed by atoms with E-state index in [1.54, 1.807) is 25.1 Å². The van der Waals surface area contributed by atoms with Crippen LogP contribution in [0.15, 0.2) is 30.3 Å². The molecule has 5 rings (SSSR count). The Labute approximate surface area is 320 Å². The first kappa shape index (κ1) is 43.3. The second kappa shape index (κ2) is 20.1. The summed E-state index contributed by atoms with van der Waals surface area (Å²) in [4.78, 5) is 39.5. The first-order valence-corrected chi connectivity index (χ1v) is 19.4. The number of esters is 1. The maximum absolute atomic E-state index is 13.6. The third-order valence-electron chi connectivity index (χ3n) is 11.4. The van der Waals surface area contributed by atoms with E-state index >= 15 is 0 Å². The number of rotatable bonds is 15. The van der Waals surface area contributed by atoms with Crippen molar-refractivity contribution in [3.63, 3.8) is 0 Å². The molecule has 0 radical (unpaired) electrons. The van der Waals surface area contributed by atoms with Gasteiger partial charge in [-0.1, -0.05) is 57.2 Å². The Morgan fingerprint density at radius 2 is 1.56 bits per heavy atom. The van der Waals surface area contributed by atoms with Crippen molar-refractivity contribution in [3.8, 4) is 0 Å². The molecular weight excluding hydrogens is 724 g/mol. The largest absolute Gasteiger partial charge is 0.479 e. The smallest absolute Gasteiger partial charge is 0.338 e. The molecule has 1 unspecified atom stereocenters. The van der Waals surface area contributed by atoms with Gasteiger partial charge in [0.25, 0.3) is 0 Å². The van der Waals surface area contributed by atoms with Crippen molar-refractivity contribution >= 4 is 17.8 Å². The Bertz CT molecular complexity index is 1380. The monoisotopic (exact) mass is 782 g/mol. The summed E-state index contributed by atoms with van der Waals surface area (Å²) in [6.45, 7) is 2.95. The van der Waals surface area contributed by atoms with E-state index in [4.69, 9.17) is 34.2 Å². The Kier molecular flexibility index (Phi) is 15.8. The van der Waals surface area contributed by atoms with Crippen LogP contribution in [0, 0.1) is 17.8 Å². The number of nitrogens with one attached hydrogen (secondary N) is 1. The van der Waals surface area contributed by atoms with Crippen LogP contribution in [-0.2, 0) is 38.0 Å². The van der Waals surface area contributed by atoms with Gasteiger partial charge < -0.3 is 70.1 Å². The molecule has 4 fully saturated rings. The number of ether oxygens (including phenoxy) is 6. The number of aliphatic hydroxyl groups is 5. The minimum atomic E-state index is -1.68. The molecule has 2 heterocycles. The number of carboxylic acids is 1. The zero-order chi connectivity index (χ0) is 39.8. The fraction of sp³-hybridized carbons (Fsp3) is 0.763. The van der Waals surface area contributed by atoms with E-state index in [0.717, 1.165) is 32.1 Å². The van der Waals surface area contributed by atoms with Crippen molar-refractivity contribution in [1.29, 1.82) is 0 Å². The zero-order valence-electron chi connectivity index (χ0n) is 31.3. The van der Waals surface area contributed by atoms with Crippen molar-refractivity contribution in [1.82, 2.24) is 5.32 Å². The minimum absolute atomic E-state index is 0.0641. The molecule has 55 heavy (non-hydrogen) atoms. The second-order valence-corrected chi connectivity index (χ2v) is 15.2. The lowest BCUT2D eigenvalue weighted by molar-refractivity contribution is -0.349. The SMILES string of the molecule is C[C@@H]1[C@H](OC2O[C@@H](C)[C@@H](O)[C@@H](O)[C@@H]2O)[C@H](O[C@@H]2O[C@H](CO)[C@H](O)[C@H](O[C@@H](CC3CCCCC3)C(=O)O)[C@H]2OC(=O)c2ccccc2)CC[C@@H]1C(=O)NCCN. The van der Waals surface area contributed by atoms with Crippen molar-refractivity contribution in [2.45, 2.75) is 145 Å². The molecule has 0 aromatic heterocycles. The van der Waals surface area contributed by atoms with Crippen LogP contribution in [0.5, 0.6) is 0 Å². The number of hydrogen-bond donors (Lipinski definition) is 8. The average Bonchev–Trinajstić information content (AvgIpc) is 3.18. The van der Waals surface area contributed by atoms with Crippen LogP contribution in [0.1, 0.15) is 75.6 Å². The number of hydrogen-bond acceptors (Lipinski definition) is 15. The number of carboxylic acid groups (broad SMARTS) is 1. The lowest BCUT2D eigenvalue weighted by atomic mass is 9.76. The van der Waals surface area contributed by atoms with Crippen LogP contribution in [0.3, 0.4) is 0 Å². The molecule has 2 saturated carbocycles. The molecule has 0 bridgehead atoms. The van der Waals surface area contributed by atoms with Crippen LogP contribution in [0.25, 0.3) is 0 Å². The standard InChI is InChI=1S/C38H58N2O15/c1-19-23(34(46)40-16-15-39)13-14-24(31(19)55-37-30(45)29(44)27(42)20(2)50-37)52-38-33(54-36(49)22-11-7-4-8-12-22)32(28(43)26(18-41)53-38)51-25(35(47)48)17-21-9-5-3-6-10-21/h4,7-8,11-12,19-21,23-33,37-38,41-45H,3,5-6,9-10,13-18,39H2,1-2H3,(H,40,46)(H,47,48)/t19-,20-,23-,24+,25-,26+,27+,28-,29+,30-,31-,32-,33+,37?,38+/m0/s1. The molecule has 9 N–H and O–H groups in total. The lowest BCUT2D eigenvalue weighted by Crippen LogP contribution is -2.64. The highest BCUT2D eigenvalue weighted by molar-refractivity contribution is 5.89. The van der Waals surface area contributed by atoms with E-state index in [1.807, 2.05) is 0 Å². The van der Waals surface area contributed by atoms with E-state index < -0.39 is 110 Å². The molecule has 2 saturated heterocycles. The first-order chi connectivity index (χ1) is 26.3. The van der Waals surface area contributed by atoms with Crippen molar-refractivity contribution < 1.29 is 73.4 Å². The van der Waals surface area contributed by atoms with Crippen LogP contribution >= 0.6 is 0 Å². The van der Waals surface area contributed by atoms with Gasteiger partial charge in [-0.15, -0.1) is 0 Å². The Morgan fingerprint density at radius 1 is 0.855 bits per heavy atom. The summed E-state index contributed by atoms with van der Waals surface area (Å²) in [6.07, 6.45) is -13.0. The Balaban J connectivity index is 1.47. The van der Waals surface area contributed by atoms with E-state index in [2.05, 4.69) is 5.32 Å². The molecule has 2 aliphatic heterocycles. The average molecular weight is 783 g/mol. The number of aliphatic carboxylic acids is 1. The third-order valence-corrected chi connectivity index (χ3v) is 11.4. The third kappa shape index (κ3) is 10.6. The fourth-order valence-corrected chi connectivity index (χ4v) is 8.17. The van der Waals surface area contributed by atoms with E-state index in [1.165, 1.54) is 19.1 Å². The van der Waals surface area contributed by atoms with E-state index in [0.29, 0.717) is 0 Å². The highest BCUT2D eigenvalue weighted by atomic mass is 16.7. The van der Waals surface area contributed by atoms with Gasteiger partial charge in [-0.05, 0) is 50.2 Å². The fourth-order valence-electron chi connectivity index (χ4n) is 8.17. The van der Waals surface area contributed by atoms with Gasteiger partial charge in [0.1, 0.15) is 36.6 Å². The highest BCUT2D eigenvalue weighted by Gasteiger charge is 2.54. The summed E-state index contributed by atoms with van der Waals surface area (Å²) < 4.78 is 36.8. The molecule has 0 spiro atoms. The maximum atomic E-state index is 13.6. The first-order valence-electron chi connectivity index (χ1n) is 19.4. The summed E-state index contributed by atoms with van der Waals surface area (Å²) in [5.41, 5.74) is 5.76. The molecule has 17 nitrogen and oxygen atoms in total. The van der Waals surface area contributed by atoms with Crippen LogP contribution < -0.4 is 11.1 Å². The molecule has 1 aromatic rings. The molecule has 2 aliphatic carbocycles. The summed E-state index contributed by atoms with van der Waals surface area (Å²) >= 11 is 0. The van der Waals surface area contributed by atoms with Gasteiger partial charge >= 0.3 is 11.9 Å². The second-order valence-electron chi connectivity index (χ2n) is 15.2. The molecule has 17 heteroatoms. The number of carbonyl (C=O) groups is 3. The molecular formula is C38H58N2O15. The van der Waals surface area contributed by atoms with Gasteiger partial charge in [0, 0.05) is 19.0 Å². The van der Waals surface area contributed by atoms with Gasteiger partial charge in [0.05, 0.1) is 30.5 Å². The van der Waals surface area contributed by atoms with Crippen molar-refractivity contribution in [3.05, 3.63) is 35.9 Å². The maximum Gasteiger partial charge on any atom is 0.338 e. The topological polar surface area (TPSA) is 266 Å². The number of amides is 1. The Hall–Kier alpha value is -2.81. The zero-order valence-corrected chi connectivity index (χ0v) is 31.3. The van der Waals surface area contributed by atoms with Crippen molar-refractivity contribution in [2.24, 2.45) is 23.5 Å². The van der Waals surface area contributed by atoms with Gasteiger partial charge in [-0.25, -0.2) is 9.59 Å². The predicted molar refractivity (Wildman–Crippen MR) is 191 cm³/mol. The summed E-state index contributed by atoms with van der Waals surface area (Å²) in [5.74, 6) is -3.59. The van der Waals surface area contributed by atoms with Crippen molar-refractivity contribution in [2.75, 3.05) is 19.7 Å². The van der Waals surface area contributed by atoms with Crippen LogP contribution in [-0.4, -0.2) is 148 Å². The highest BCUT2D eigenvalue weighted by Crippen LogP contribution is 2.39. The van der Waals surface area contributed by atoms with Crippen LogP contribution in [0.2, 0.25) is 0 Å². The van der Waals surface area contributed by atoms with Gasteiger partial charge in [-0.3, -0.25) is 4.79 Å². The normalized spacial score (nSPS) is 37.8. The number of aliphatic hydroxyl groups excluding tert-OH is 5. The Morgan fingerprint density at radius 3 is 2.22 bits per heavy atom. The van der Waals surface area contributed by atoms with Gasteiger partial charge in [-0.2, -0.15) is 0 Å². The number of benzene rings is 1. The van der Waals surface area contributed by atoms with Gasteiger partial charge in [0.2, 0.25) is 5.91 Å².